The summed E-state index contributed by atoms with van der Waals surface area (Å²) in [6.45, 7) is 1.65. The zero-order valence-corrected chi connectivity index (χ0v) is 14.0. The number of nitrogens with zero attached hydrogens (tertiary/aromatic N) is 5. The standard InChI is InChI=1S/C17H23N5O2/c1-20-12-18-19-16(20)15-11-21(9-10-24-15)17(23)14-7-4-8-22(14)13-5-2-3-6-13/h4,7-8,12-13,15H,2-3,5-6,9-11H2,1H3. The molecule has 0 bridgehead atoms. The summed E-state index contributed by atoms with van der Waals surface area (Å²) in [5.74, 6) is 0.848. The van der Waals surface area contributed by atoms with E-state index in [4.69, 9.17) is 4.74 Å². The summed E-state index contributed by atoms with van der Waals surface area (Å²) in [5, 5.41) is 8.03. The maximum absolute atomic E-state index is 13.0. The van der Waals surface area contributed by atoms with Crippen LogP contribution in [0.25, 0.3) is 0 Å². The first kappa shape index (κ1) is 15.4. The average molecular weight is 329 g/mol. The van der Waals surface area contributed by atoms with Crippen molar-refractivity contribution in [1.82, 2.24) is 24.2 Å². The lowest BCUT2D eigenvalue weighted by molar-refractivity contribution is -0.0284. The minimum atomic E-state index is -0.218. The first-order valence-electron chi connectivity index (χ1n) is 8.65. The van der Waals surface area contributed by atoms with Gasteiger partial charge in [0.1, 0.15) is 18.1 Å². The van der Waals surface area contributed by atoms with Gasteiger partial charge in [-0.05, 0) is 25.0 Å². The van der Waals surface area contributed by atoms with Gasteiger partial charge in [-0.2, -0.15) is 0 Å². The van der Waals surface area contributed by atoms with Crippen LogP contribution in [0.4, 0.5) is 0 Å². The fourth-order valence-corrected chi connectivity index (χ4v) is 3.81. The molecule has 4 rings (SSSR count). The molecule has 3 heterocycles. The van der Waals surface area contributed by atoms with Gasteiger partial charge >= 0.3 is 0 Å². The molecule has 2 fully saturated rings. The number of carbonyl (C=O) groups excluding carboxylic acids is 1. The third-order valence-corrected chi connectivity index (χ3v) is 5.10. The van der Waals surface area contributed by atoms with Crippen molar-refractivity contribution >= 4 is 5.91 Å². The summed E-state index contributed by atoms with van der Waals surface area (Å²) < 4.78 is 9.82. The summed E-state index contributed by atoms with van der Waals surface area (Å²) in [6.07, 6.45) is 8.32. The van der Waals surface area contributed by atoms with Crippen molar-refractivity contribution in [3.05, 3.63) is 36.2 Å². The lowest BCUT2D eigenvalue weighted by atomic mass is 10.2. The van der Waals surface area contributed by atoms with E-state index >= 15 is 0 Å². The Kier molecular flexibility index (Phi) is 4.10. The predicted molar refractivity (Wildman–Crippen MR) is 87.5 cm³/mol. The quantitative estimate of drug-likeness (QED) is 0.863. The van der Waals surface area contributed by atoms with Crippen molar-refractivity contribution in [3.63, 3.8) is 0 Å². The zero-order chi connectivity index (χ0) is 16.5. The number of rotatable bonds is 3. The molecule has 7 heteroatoms. The lowest BCUT2D eigenvalue weighted by Crippen LogP contribution is -2.43. The molecule has 24 heavy (non-hydrogen) atoms. The molecule has 2 aliphatic rings. The van der Waals surface area contributed by atoms with Crippen LogP contribution < -0.4 is 0 Å². The topological polar surface area (TPSA) is 65.2 Å². The molecule has 1 atom stereocenters. The molecule has 0 N–H and O–H groups in total. The molecule has 0 spiro atoms. The first-order chi connectivity index (χ1) is 11.7. The van der Waals surface area contributed by atoms with Crippen molar-refractivity contribution in [2.75, 3.05) is 19.7 Å². The van der Waals surface area contributed by atoms with Crippen LogP contribution in [0.5, 0.6) is 0 Å². The Hall–Kier alpha value is -2.15. The van der Waals surface area contributed by atoms with Crippen LogP contribution in [0.1, 0.15) is 54.1 Å². The highest BCUT2D eigenvalue weighted by atomic mass is 16.5. The van der Waals surface area contributed by atoms with E-state index in [2.05, 4.69) is 14.8 Å². The van der Waals surface area contributed by atoms with E-state index in [1.165, 1.54) is 25.7 Å². The molecular formula is C17H23N5O2. The van der Waals surface area contributed by atoms with Crippen LogP contribution in [-0.4, -0.2) is 49.8 Å². The van der Waals surface area contributed by atoms with Gasteiger partial charge in [-0.15, -0.1) is 10.2 Å². The van der Waals surface area contributed by atoms with Crippen LogP contribution in [-0.2, 0) is 11.8 Å². The summed E-state index contributed by atoms with van der Waals surface area (Å²) in [7, 11) is 1.89. The van der Waals surface area contributed by atoms with E-state index in [0.29, 0.717) is 25.7 Å². The van der Waals surface area contributed by atoms with Gasteiger partial charge in [-0.1, -0.05) is 12.8 Å². The first-order valence-corrected chi connectivity index (χ1v) is 8.65. The Balaban J connectivity index is 1.52. The normalized spacial score (nSPS) is 22.2. The highest BCUT2D eigenvalue weighted by Crippen LogP contribution is 2.31. The molecule has 1 aliphatic carbocycles. The second-order valence-electron chi connectivity index (χ2n) is 6.65. The van der Waals surface area contributed by atoms with Gasteiger partial charge in [-0.3, -0.25) is 4.79 Å². The number of ether oxygens (including phenoxy) is 1. The Morgan fingerprint density at radius 3 is 2.92 bits per heavy atom. The molecule has 0 aromatic carbocycles. The maximum atomic E-state index is 13.0. The van der Waals surface area contributed by atoms with Gasteiger partial charge in [0.05, 0.1) is 13.2 Å². The Labute approximate surface area is 141 Å². The van der Waals surface area contributed by atoms with Crippen molar-refractivity contribution in [2.45, 2.75) is 37.8 Å². The molecule has 1 amide bonds. The van der Waals surface area contributed by atoms with E-state index in [1.807, 2.05) is 34.8 Å². The minimum absolute atomic E-state index is 0.0855. The van der Waals surface area contributed by atoms with Crippen molar-refractivity contribution < 1.29 is 9.53 Å². The molecular weight excluding hydrogens is 306 g/mol. The van der Waals surface area contributed by atoms with E-state index in [1.54, 1.807) is 6.33 Å². The number of morpholine rings is 1. The Morgan fingerprint density at radius 1 is 1.33 bits per heavy atom. The SMILES string of the molecule is Cn1cnnc1C1CN(C(=O)c2cccn2C2CCCC2)CCO1. The minimum Gasteiger partial charge on any atom is -0.366 e. The zero-order valence-electron chi connectivity index (χ0n) is 14.0. The average Bonchev–Trinajstić information content (AvgIpc) is 3.34. The number of amides is 1. The number of aryl methyl sites for hydroxylation is 1. The molecule has 0 radical (unpaired) electrons. The molecule has 1 unspecified atom stereocenters. The summed E-state index contributed by atoms with van der Waals surface area (Å²) >= 11 is 0. The Morgan fingerprint density at radius 2 is 2.17 bits per heavy atom. The largest absolute Gasteiger partial charge is 0.366 e. The van der Waals surface area contributed by atoms with Crippen LogP contribution in [0.15, 0.2) is 24.7 Å². The van der Waals surface area contributed by atoms with Crippen LogP contribution in [0, 0.1) is 0 Å². The summed E-state index contributed by atoms with van der Waals surface area (Å²) in [5.41, 5.74) is 0.792. The van der Waals surface area contributed by atoms with Gasteiger partial charge < -0.3 is 18.8 Å². The van der Waals surface area contributed by atoms with Crippen molar-refractivity contribution in [1.29, 1.82) is 0 Å². The second kappa shape index (κ2) is 6.39. The lowest BCUT2D eigenvalue weighted by Gasteiger charge is -2.32. The number of hydrogen-bond acceptors (Lipinski definition) is 4. The molecule has 7 nitrogen and oxygen atoms in total. The van der Waals surface area contributed by atoms with E-state index in [-0.39, 0.29) is 12.0 Å². The fraction of sp³-hybridized carbons (Fsp3) is 0.588. The van der Waals surface area contributed by atoms with Crippen LogP contribution >= 0.6 is 0 Å². The van der Waals surface area contributed by atoms with E-state index in [0.717, 1.165) is 11.5 Å². The molecule has 2 aromatic heterocycles. The molecule has 1 saturated carbocycles. The summed E-state index contributed by atoms with van der Waals surface area (Å²) in [4.78, 5) is 14.9. The highest BCUT2D eigenvalue weighted by Gasteiger charge is 2.31. The number of aromatic nitrogens is 4. The van der Waals surface area contributed by atoms with Gasteiger partial charge in [-0.25, -0.2) is 0 Å². The predicted octanol–water partition coefficient (Wildman–Crippen LogP) is 1.95. The van der Waals surface area contributed by atoms with Crippen molar-refractivity contribution in [3.8, 4) is 0 Å². The van der Waals surface area contributed by atoms with E-state index in [9.17, 15) is 4.79 Å². The molecule has 2 aromatic rings. The molecule has 128 valence electrons. The van der Waals surface area contributed by atoms with Crippen LogP contribution in [0.2, 0.25) is 0 Å². The molecule has 1 saturated heterocycles. The van der Waals surface area contributed by atoms with Gasteiger partial charge in [0.15, 0.2) is 5.82 Å². The van der Waals surface area contributed by atoms with Gasteiger partial charge in [0, 0.05) is 25.8 Å². The maximum Gasteiger partial charge on any atom is 0.270 e. The second-order valence-corrected chi connectivity index (χ2v) is 6.65. The van der Waals surface area contributed by atoms with Gasteiger partial charge in [0.25, 0.3) is 5.91 Å². The smallest absolute Gasteiger partial charge is 0.270 e. The highest BCUT2D eigenvalue weighted by molar-refractivity contribution is 5.93. The van der Waals surface area contributed by atoms with Crippen LogP contribution in [0.3, 0.4) is 0 Å². The fourth-order valence-electron chi connectivity index (χ4n) is 3.81. The third-order valence-electron chi connectivity index (χ3n) is 5.10. The third kappa shape index (κ3) is 2.73. The number of hydrogen-bond donors (Lipinski definition) is 0. The summed E-state index contributed by atoms with van der Waals surface area (Å²) in [6, 6.07) is 4.38. The Bertz CT molecular complexity index is 716. The molecule has 1 aliphatic heterocycles. The van der Waals surface area contributed by atoms with Crippen molar-refractivity contribution in [2.24, 2.45) is 7.05 Å². The van der Waals surface area contributed by atoms with E-state index < -0.39 is 0 Å². The van der Waals surface area contributed by atoms with Gasteiger partial charge in [0.2, 0.25) is 0 Å². The number of carbonyl (C=O) groups is 1. The monoisotopic (exact) mass is 329 g/mol.